The van der Waals surface area contributed by atoms with Gasteiger partial charge < -0.3 is 5.11 Å². The number of aliphatic hydroxyl groups excluding tert-OH is 1. The molecular formula is C18H20N2O. The zero-order valence-electron chi connectivity index (χ0n) is 12.5. The van der Waals surface area contributed by atoms with E-state index in [-0.39, 0.29) is 0 Å². The van der Waals surface area contributed by atoms with Crippen molar-refractivity contribution in [3.63, 3.8) is 0 Å². The van der Waals surface area contributed by atoms with E-state index in [1.54, 1.807) is 0 Å². The van der Waals surface area contributed by atoms with Crippen molar-refractivity contribution in [2.45, 2.75) is 32.9 Å². The van der Waals surface area contributed by atoms with Gasteiger partial charge in [-0.25, -0.2) is 0 Å². The van der Waals surface area contributed by atoms with Crippen molar-refractivity contribution in [1.29, 1.82) is 0 Å². The highest BCUT2D eigenvalue weighted by atomic mass is 16.3. The summed E-state index contributed by atoms with van der Waals surface area (Å²) < 4.78 is 1.99. The van der Waals surface area contributed by atoms with Crippen molar-refractivity contribution in [2.75, 3.05) is 0 Å². The van der Waals surface area contributed by atoms with E-state index in [1.165, 1.54) is 0 Å². The monoisotopic (exact) mass is 280 g/mol. The first kappa shape index (κ1) is 13.8. The Labute approximate surface area is 124 Å². The lowest BCUT2D eigenvalue weighted by atomic mass is 10.0. The molecule has 3 rings (SSSR count). The second-order valence-corrected chi connectivity index (χ2v) is 5.41. The van der Waals surface area contributed by atoms with Gasteiger partial charge in [-0.05, 0) is 25.5 Å². The van der Waals surface area contributed by atoms with E-state index in [9.17, 15) is 5.11 Å². The van der Waals surface area contributed by atoms with Crippen molar-refractivity contribution in [3.05, 3.63) is 65.4 Å². The summed E-state index contributed by atoms with van der Waals surface area (Å²) >= 11 is 0. The number of rotatable bonds is 4. The Morgan fingerprint density at radius 2 is 1.95 bits per heavy atom. The van der Waals surface area contributed by atoms with E-state index in [4.69, 9.17) is 0 Å². The fourth-order valence-corrected chi connectivity index (χ4v) is 2.77. The zero-order chi connectivity index (χ0) is 14.8. The van der Waals surface area contributed by atoms with Gasteiger partial charge in [0.1, 0.15) is 0 Å². The van der Waals surface area contributed by atoms with Gasteiger partial charge in [0.2, 0.25) is 0 Å². The van der Waals surface area contributed by atoms with Gasteiger partial charge in [-0.2, -0.15) is 5.10 Å². The van der Waals surface area contributed by atoms with Crippen molar-refractivity contribution in [3.8, 4) is 0 Å². The highest BCUT2D eigenvalue weighted by molar-refractivity contribution is 5.82. The maximum atomic E-state index is 10.5. The average Bonchev–Trinajstić information content (AvgIpc) is 2.85. The number of nitrogens with zero attached hydrogens (tertiary/aromatic N) is 2. The molecule has 0 aliphatic rings. The molecule has 3 heteroatoms. The lowest BCUT2D eigenvalue weighted by molar-refractivity contribution is 0.177. The first-order chi connectivity index (χ1) is 10.2. The van der Waals surface area contributed by atoms with E-state index >= 15 is 0 Å². The van der Waals surface area contributed by atoms with Gasteiger partial charge in [0.25, 0.3) is 0 Å². The highest BCUT2D eigenvalue weighted by Crippen LogP contribution is 2.24. The Kier molecular flexibility index (Phi) is 3.76. The molecule has 108 valence electrons. The SMILES string of the molecule is CCn1nc(CC(O)c2cccc(C)c2)c2ccccc21. The fourth-order valence-electron chi connectivity index (χ4n) is 2.77. The van der Waals surface area contributed by atoms with Crippen molar-refractivity contribution in [2.24, 2.45) is 0 Å². The predicted octanol–water partition coefficient (Wildman–Crippen LogP) is 3.64. The Morgan fingerprint density at radius 1 is 1.14 bits per heavy atom. The normalized spacial score (nSPS) is 12.7. The molecule has 3 nitrogen and oxygen atoms in total. The van der Waals surface area contributed by atoms with Crippen LogP contribution in [-0.4, -0.2) is 14.9 Å². The van der Waals surface area contributed by atoms with Gasteiger partial charge in [-0.3, -0.25) is 4.68 Å². The van der Waals surface area contributed by atoms with Crippen LogP contribution < -0.4 is 0 Å². The molecule has 0 radical (unpaired) electrons. The molecule has 2 aromatic carbocycles. The summed E-state index contributed by atoms with van der Waals surface area (Å²) in [6.45, 7) is 4.96. The molecule has 0 amide bonds. The summed E-state index contributed by atoms with van der Waals surface area (Å²) in [4.78, 5) is 0. The smallest absolute Gasteiger partial charge is 0.0846 e. The minimum atomic E-state index is -0.520. The van der Waals surface area contributed by atoms with Crippen LogP contribution in [0.5, 0.6) is 0 Å². The summed E-state index contributed by atoms with van der Waals surface area (Å²) in [6.07, 6.45) is 0.0188. The molecule has 1 N–H and O–H groups in total. The van der Waals surface area contributed by atoms with Crippen molar-refractivity contribution >= 4 is 10.9 Å². The first-order valence-electron chi connectivity index (χ1n) is 7.38. The number of aromatic nitrogens is 2. The maximum absolute atomic E-state index is 10.5. The van der Waals surface area contributed by atoms with Crippen LogP contribution in [0.15, 0.2) is 48.5 Å². The van der Waals surface area contributed by atoms with Crippen LogP contribution in [0.4, 0.5) is 0 Å². The molecular weight excluding hydrogens is 260 g/mol. The molecule has 0 saturated heterocycles. The van der Waals surface area contributed by atoms with Gasteiger partial charge in [0, 0.05) is 18.4 Å². The number of para-hydroxylation sites is 1. The molecule has 0 bridgehead atoms. The predicted molar refractivity (Wildman–Crippen MR) is 85.2 cm³/mol. The standard InChI is InChI=1S/C18H20N2O/c1-3-20-17-10-5-4-9-15(17)16(19-20)12-18(21)14-8-6-7-13(2)11-14/h4-11,18,21H,3,12H2,1-2H3. The summed E-state index contributed by atoms with van der Waals surface area (Å²) in [5.41, 5.74) is 4.20. The van der Waals surface area contributed by atoms with E-state index in [0.717, 1.165) is 34.3 Å². The van der Waals surface area contributed by atoms with Crippen LogP contribution in [0.2, 0.25) is 0 Å². The highest BCUT2D eigenvalue weighted by Gasteiger charge is 2.15. The Morgan fingerprint density at radius 3 is 2.71 bits per heavy atom. The Bertz CT molecular complexity index is 761. The lowest BCUT2D eigenvalue weighted by Crippen LogP contribution is -2.04. The largest absolute Gasteiger partial charge is 0.388 e. The zero-order valence-corrected chi connectivity index (χ0v) is 12.5. The van der Waals surface area contributed by atoms with Crippen LogP contribution >= 0.6 is 0 Å². The molecule has 1 unspecified atom stereocenters. The van der Waals surface area contributed by atoms with Crippen molar-refractivity contribution in [1.82, 2.24) is 9.78 Å². The van der Waals surface area contributed by atoms with Gasteiger partial charge in [-0.1, -0.05) is 48.0 Å². The Hall–Kier alpha value is -2.13. The van der Waals surface area contributed by atoms with Crippen LogP contribution in [-0.2, 0) is 13.0 Å². The molecule has 1 heterocycles. The quantitative estimate of drug-likeness (QED) is 0.792. The molecule has 1 atom stereocenters. The van der Waals surface area contributed by atoms with Crippen LogP contribution in [0.1, 0.15) is 29.8 Å². The number of fused-ring (bicyclic) bond motifs is 1. The molecule has 0 spiro atoms. The molecule has 0 fully saturated rings. The number of aryl methyl sites for hydroxylation is 2. The molecule has 21 heavy (non-hydrogen) atoms. The summed E-state index contributed by atoms with van der Waals surface area (Å²) in [5.74, 6) is 0. The summed E-state index contributed by atoms with van der Waals surface area (Å²) in [7, 11) is 0. The first-order valence-corrected chi connectivity index (χ1v) is 7.38. The second-order valence-electron chi connectivity index (χ2n) is 5.41. The van der Waals surface area contributed by atoms with Gasteiger partial charge >= 0.3 is 0 Å². The topological polar surface area (TPSA) is 38.0 Å². The number of hydrogen-bond donors (Lipinski definition) is 1. The molecule has 1 aromatic heterocycles. The van der Waals surface area contributed by atoms with Crippen LogP contribution in [0.3, 0.4) is 0 Å². The third-order valence-electron chi connectivity index (χ3n) is 3.85. The van der Waals surface area contributed by atoms with Crippen LogP contribution in [0, 0.1) is 6.92 Å². The maximum Gasteiger partial charge on any atom is 0.0846 e. The van der Waals surface area contributed by atoms with E-state index < -0.39 is 6.10 Å². The second kappa shape index (κ2) is 5.70. The number of aliphatic hydroxyl groups is 1. The molecule has 0 aliphatic carbocycles. The minimum absolute atomic E-state index is 0.520. The van der Waals surface area contributed by atoms with Gasteiger partial charge in [0.05, 0.1) is 17.3 Å². The fraction of sp³-hybridized carbons (Fsp3) is 0.278. The van der Waals surface area contributed by atoms with E-state index in [2.05, 4.69) is 24.2 Å². The molecule has 0 saturated carbocycles. The Balaban J connectivity index is 1.94. The molecule has 0 aliphatic heterocycles. The average molecular weight is 280 g/mol. The third kappa shape index (κ3) is 2.69. The van der Waals surface area contributed by atoms with E-state index in [1.807, 2.05) is 48.0 Å². The van der Waals surface area contributed by atoms with Gasteiger partial charge in [-0.15, -0.1) is 0 Å². The minimum Gasteiger partial charge on any atom is -0.388 e. The van der Waals surface area contributed by atoms with Crippen molar-refractivity contribution < 1.29 is 5.11 Å². The number of hydrogen-bond acceptors (Lipinski definition) is 2. The summed E-state index contributed by atoms with van der Waals surface area (Å²) in [6, 6.07) is 16.2. The molecule has 3 aromatic rings. The van der Waals surface area contributed by atoms with Gasteiger partial charge in [0.15, 0.2) is 0 Å². The lowest BCUT2D eigenvalue weighted by Gasteiger charge is -2.10. The van der Waals surface area contributed by atoms with Crippen LogP contribution in [0.25, 0.3) is 10.9 Å². The summed E-state index contributed by atoms with van der Waals surface area (Å²) in [5, 5.41) is 16.3. The third-order valence-corrected chi connectivity index (χ3v) is 3.85. The number of benzene rings is 2. The van der Waals surface area contributed by atoms with E-state index in [0.29, 0.717) is 6.42 Å².